The fourth-order valence-corrected chi connectivity index (χ4v) is 2.47. The summed E-state index contributed by atoms with van der Waals surface area (Å²) < 4.78 is 6.10. The number of aliphatic hydroxyl groups is 3. The smallest absolute Gasteiger partial charge is 0.128 e. The van der Waals surface area contributed by atoms with E-state index in [0.717, 1.165) is 0 Å². The van der Waals surface area contributed by atoms with Gasteiger partial charge in [-0.2, -0.15) is 0 Å². The van der Waals surface area contributed by atoms with E-state index in [-0.39, 0.29) is 0 Å². The molecular formula is C17H24O4. The largest absolute Gasteiger partial charge is 0.486 e. The third-order valence-corrected chi connectivity index (χ3v) is 3.88. The number of hydrogen-bond acceptors (Lipinski definition) is 4. The van der Waals surface area contributed by atoms with Crippen molar-refractivity contribution in [3.05, 3.63) is 55.6 Å². The van der Waals surface area contributed by atoms with Crippen LogP contribution in [0, 0.1) is 5.41 Å². The summed E-state index contributed by atoms with van der Waals surface area (Å²) in [6.07, 6.45) is 4.02. The van der Waals surface area contributed by atoms with Crippen LogP contribution in [-0.4, -0.2) is 40.7 Å². The van der Waals surface area contributed by atoms with Crippen molar-refractivity contribution in [2.24, 2.45) is 5.41 Å². The molecule has 0 saturated carbocycles. The van der Waals surface area contributed by atoms with E-state index < -0.39 is 30.8 Å². The van der Waals surface area contributed by atoms with Gasteiger partial charge in [0.2, 0.25) is 0 Å². The molecule has 4 nitrogen and oxygen atoms in total. The van der Waals surface area contributed by atoms with Crippen LogP contribution >= 0.6 is 0 Å². The van der Waals surface area contributed by atoms with Crippen molar-refractivity contribution in [1.29, 1.82) is 0 Å². The fourth-order valence-electron chi connectivity index (χ4n) is 2.47. The third-order valence-electron chi connectivity index (χ3n) is 3.88. The van der Waals surface area contributed by atoms with Crippen molar-refractivity contribution < 1.29 is 20.1 Å². The predicted molar refractivity (Wildman–Crippen MR) is 83.1 cm³/mol. The van der Waals surface area contributed by atoms with Crippen LogP contribution in [0.3, 0.4) is 0 Å². The summed E-state index contributed by atoms with van der Waals surface area (Å²) in [7, 11) is 0. The first-order valence-corrected chi connectivity index (χ1v) is 6.92. The van der Waals surface area contributed by atoms with Crippen LogP contribution in [-0.2, 0) is 0 Å². The summed E-state index contributed by atoms with van der Waals surface area (Å²) in [6.45, 7) is 6.23. The summed E-state index contributed by atoms with van der Waals surface area (Å²) in [6, 6.07) is 9.11. The van der Waals surface area contributed by atoms with Crippen molar-refractivity contribution in [2.75, 3.05) is 19.8 Å². The van der Waals surface area contributed by atoms with Gasteiger partial charge >= 0.3 is 0 Å². The normalized spacial score (nSPS) is 12.0. The number of benzene rings is 1. The Balaban J connectivity index is 3.31. The zero-order chi connectivity index (χ0) is 15.8. The van der Waals surface area contributed by atoms with Crippen LogP contribution in [0.2, 0.25) is 0 Å². The van der Waals surface area contributed by atoms with E-state index in [1.54, 1.807) is 24.3 Å². The highest BCUT2D eigenvalue weighted by Crippen LogP contribution is 2.41. The van der Waals surface area contributed by atoms with E-state index in [1.165, 1.54) is 0 Å². The summed E-state index contributed by atoms with van der Waals surface area (Å²) in [5.41, 5.74) is -2.22. The fraction of sp³-hybridized carbons (Fsp3) is 0.412. The van der Waals surface area contributed by atoms with Gasteiger partial charge < -0.3 is 20.1 Å². The molecular weight excluding hydrogens is 268 g/mol. The maximum atomic E-state index is 9.77. The Morgan fingerprint density at radius 1 is 0.905 bits per heavy atom. The maximum Gasteiger partial charge on any atom is 0.128 e. The van der Waals surface area contributed by atoms with Gasteiger partial charge in [0, 0.05) is 12.8 Å². The van der Waals surface area contributed by atoms with Crippen molar-refractivity contribution in [3.63, 3.8) is 0 Å². The second kappa shape index (κ2) is 7.98. The predicted octanol–water partition coefficient (Wildman–Crippen LogP) is 1.92. The minimum Gasteiger partial charge on any atom is -0.486 e. The lowest BCUT2D eigenvalue weighted by atomic mass is 9.69. The molecule has 3 N–H and O–H groups in total. The molecule has 0 spiro atoms. The highest BCUT2D eigenvalue weighted by molar-refractivity contribution is 5.24. The van der Waals surface area contributed by atoms with Crippen LogP contribution in [0.5, 0.6) is 5.75 Å². The lowest BCUT2D eigenvalue weighted by Crippen LogP contribution is -2.58. The second-order valence-corrected chi connectivity index (χ2v) is 5.15. The molecule has 1 aromatic rings. The summed E-state index contributed by atoms with van der Waals surface area (Å²) in [5.74, 6) is 0.598. The van der Waals surface area contributed by atoms with E-state index in [2.05, 4.69) is 13.2 Å². The highest BCUT2D eigenvalue weighted by Gasteiger charge is 2.51. The molecule has 4 heteroatoms. The van der Waals surface area contributed by atoms with Crippen LogP contribution < -0.4 is 4.74 Å². The number of aliphatic hydroxyl groups excluding tert-OH is 3. The van der Waals surface area contributed by atoms with Gasteiger partial charge in [-0.25, -0.2) is 0 Å². The Morgan fingerprint density at radius 3 is 1.76 bits per heavy atom. The van der Waals surface area contributed by atoms with E-state index in [9.17, 15) is 15.3 Å². The Bertz CT molecular complexity index is 419. The van der Waals surface area contributed by atoms with Crippen molar-refractivity contribution in [3.8, 4) is 5.75 Å². The summed E-state index contributed by atoms with van der Waals surface area (Å²) >= 11 is 0. The van der Waals surface area contributed by atoms with Gasteiger partial charge in [-0.05, 0) is 12.1 Å². The quantitative estimate of drug-likeness (QED) is 0.576. The standard InChI is InChI=1S/C17H24O4/c1-3-10-17(11-4-2,16(12-18,13-19)14-20)21-15-8-6-5-7-9-15/h3-9,18-20H,1-2,10-14H2. The Kier molecular flexibility index (Phi) is 6.62. The van der Waals surface area contributed by atoms with Gasteiger partial charge in [0.05, 0.1) is 25.2 Å². The van der Waals surface area contributed by atoms with Gasteiger partial charge in [0.15, 0.2) is 0 Å². The average molecular weight is 292 g/mol. The molecule has 0 unspecified atom stereocenters. The Morgan fingerprint density at radius 2 is 1.38 bits per heavy atom. The van der Waals surface area contributed by atoms with E-state index in [1.807, 2.05) is 18.2 Å². The molecule has 0 fully saturated rings. The molecule has 21 heavy (non-hydrogen) atoms. The monoisotopic (exact) mass is 292 g/mol. The molecule has 0 aromatic heterocycles. The Hall–Kier alpha value is -1.62. The average Bonchev–Trinajstić information content (AvgIpc) is 2.51. The lowest BCUT2D eigenvalue weighted by molar-refractivity contribution is -0.135. The van der Waals surface area contributed by atoms with Crippen molar-refractivity contribution in [1.82, 2.24) is 0 Å². The molecule has 0 bridgehead atoms. The van der Waals surface area contributed by atoms with Gasteiger partial charge in [-0.1, -0.05) is 30.4 Å². The van der Waals surface area contributed by atoms with Gasteiger partial charge in [0.25, 0.3) is 0 Å². The molecule has 1 rings (SSSR count). The highest BCUT2D eigenvalue weighted by atomic mass is 16.5. The molecule has 0 aliphatic rings. The molecule has 0 amide bonds. The van der Waals surface area contributed by atoms with E-state index in [4.69, 9.17) is 4.74 Å². The number of ether oxygens (including phenoxy) is 1. The van der Waals surface area contributed by atoms with E-state index >= 15 is 0 Å². The van der Waals surface area contributed by atoms with Crippen LogP contribution in [0.15, 0.2) is 55.6 Å². The third kappa shape index (κ3) is 3.53. The minimum atomic E-state index is -1.20. The molecule has 0 aliphatic heterocycles. The van der Waals surface area contributed by atoms with E-state index in [0.29, 0.717) is 18.6 Å². The molecule has 0 atom stereocenters. The molecule has 116 valence electrons. The SMILES string of the molecule is C=CCC(CC=C)(Oc1ccccc1)C(CO)(CO)CO. The van der Waals surface area contributed by atoms with Crippen LogP contribution in [0.1, 0.15) is 12.8 Å². The zero-order valence-electron chi connectivity index (χ0n) is 12.2. The lowest BCUT2D eigenvalue weighted by Gasteiger charge is -2.47. The number of para-hydroxylation sites is 1. The summed E-state index contributed by atoms with van der Waals surface area (Å²) in [5, 5.41) is 29.3. The van der Waals surface area contributed by atoms with Crippen molar-refractivity contribution in [2.45, 2.75) is 18.4 Å². The first-order chi connectivity index (χ1) is 10.1. The van der Waals surface area contributed by atoms with Crippen LogP contribution in [0.25, 0.3) is 0 Å². The maximum absolute atomic E-state index is 9.77. The molecule has 0 saturated heterocycles. The molecule has 0 aliphatic carbocycles. The van der Waals surface area contributed by atoms with Gasteiger partial charge in [-0.15, -0.1) is 13.2 Å². The van der Waals surface area contributed by atoms with Crippen molar-refractivity contribution >= 4 is 0 Å². The van der Waals surface area contributed by atoms with Gasteiger partial charge in [0.1, 0.15) is 11.4 Å². The topological polar surface area (TPSA) is 69.9 Å². The summed E-state index contributed by atoms with van der Waals surface area (Å²) in [4.78, 5) is 0. The molecule has 0 radical (unpaired) electrons. The minimum absolute atomic E-state index is 0.357. The zero-order valence-corrected chi connectivity index (χ0v) is 12.2. The Labute approximate surface area is 126 Å². The van der Waals surface area contributed by atoms with Gasteiger partial charge in [-0.3, -0.25) is 0 Å². The second-order valence-electron chi connectivity index (χ2n) is 5.15. The first-order valence-electron chi connectivity index (χ1n) is 6.92. The molecule has 1 aromatic carbocycles. The number of hydrogen-bond donors (Lipinski definition) is 3. The van der Waals surface area contributed by atoms with Crippen LogP contribution in [0.4, 0.5) is 0 Å². The number of rotatable bonds is 10. The molecule has 0 heterocycles. The first kappa shape index (κ1) is 17.4.